The Balaban J connectivity index is 0.00000182. The second kappa shape index (κ2) is 11.7. The zero-order valence-electron chi connectivity index (χ0n) is 16.1. The Morgan fingerprint density at radius 3 is 2.41 bits per heavy atom. The van der Waals surface area contributed by atoms with Crippen LogP contribution in [0.5, 0.6) is 5.75 Å². The number of hydrogen-bond acceptors (Lipinski definition) is 4. The predicted molar refractivity (Wildman–Crippen MR) is 114 cm³/mol. The SMILES string of the molecule is COc1ccc(C(CNC(=O)C[C@@H]2CCC[C@H]2N)N2CCCC2)cc1.Cl.Cl. The first kappa shape index (κ1) is 24.0. The van der Waals surface area contributed by atoms with Crippen LogP contribution in [-0.4, -0.2) is 43.6 Å². The highest BCUT2D eigenvalue weighted by Crippen LogP contribution is 2.28. The van der Waals surface area contributed by atoms with Crippen LogP contribution in [-0.2, 0) is 4.79 Å². The van der Waals surface area contributed by atoms with Crippen LogP contribution in [0.1, 0.15) is 50.1 Å². The average molecular weight is 418 g/mol. The highest BCUT2D eigenvalue weighted by Gasteiger charge is 2.27. The molecule has 1 saturated carbocycles. The summed E-state index contributed by atoms with van der Waals surface area (Å²) in [5.41, 5.74) is 7.34. The van der Waals surface area contributed by atoms with Gasteiger partial charge in [0.2, 0.25) is 5.91 Å². The van der Waals surface area contributed by atoms with Gasteiger partial charge in [0.25, 0.3) is 0 Å². The van der Waals surface area contributed by atoms with E-state index in [-0.39, 0.29) is 42.8 Å². The summed E-state index contributed by atoms with van der Waals surface area (Å²) in [5.74, 6) is 1.36. The number of halogens is 2. The summed E-state index contributed by atoms with van der Waals surface area (Å²) in [6.07, 6.45) is 6.33. The molecule has 2 fully saturated rings. The molecule has 1 saturated heterocycles. The summed E-state index contributed by atoms with van der Waals surface area (Å²) < 4.78 is 5.26. The minimum Gasteiger partial charge on any atom is -0.497 e. The number of benzene rings is 1. The number of rotatable bonds is 7. The van der Waals surface area contributed by atoms with Crippen molar-refractivity contribution in [1.29, 1.82) is 0 Å². The van der Waals surface area contributed by atoms with Gasteiger partial charge in [0, 0.05) is 19.0 Å². The van der Waals surface area contributed by atoms with Crippen LogP contribution in [0.3, 0.4) is 0 Å². The Kier molecular flexibility index (Phi) is 10.5. The van der Waals surface area contributed by atoms with Gasteiger partial charge in [0.05, 0.1) is 13.2 Å². The van der Waals surface area contributed by atoms with Crippen molar-refractivity contribution in [3.05, 3.63) is 29.8 Å². The molecule has 5 nitrogen and oxygen atoms in total. The first-order valence-electron chi connectivity index (χ1n) is 9.57. The van der Waals surface area contributed by atoms with E-state index < -0.39 is 0 Å². The fourth-order valence-electron chi connectivity index (χ4n) is 4.18. The van der Waals surface area contributed by atoms with Crippen molar-refractivity contribution >= 4 is 30.7 Å². The van der Waals surface area contributed by atoms with Crippen molar-refractivity contribution < 1.29 is 9.53 Å². The molecule has 0 spiro atoms. The Hall–Kier alpha value is -1.01. The molecule has 154 valence electrons. The maximum Gasteiger partial charge on any atom is 0.220 e. The van der Waals surface area contributed by atoms with Gasteiger partial charge in [-0.3, -0.25) is 9.69 Å². The summed E-state index contributed by atoms with van der Waals surface area (Å²) in [5, 5.41) is 3.17. The number of ether oxygens (including phenoxy) is 1. The molecule has 7 heteroatoms. The van der Waals surface area contributed by atoms with Gasteiger partial charge in [-0.15, -0.1) is 24.8 Å². The number of carbonyl (C=O) groups excluding carboxylic acids is 1. The standard InChI is InChI=1S/C20H31N3O2.2ClH/c1-25-17-9-7-15(8-10-17)19(23-11-2-3-12-23)14-22-20(24)13-16-5-4-6-18(16)21;;/h7-10,16,18-19H,2-6,11-14,21H2,1H3,(H,22,24);2*1H/t16-,18+,19?;;/m0../s1. The smallest absolute Gasteiger partial charge is 0.220 e. The number of amides is 1. The van der Waals surface area contributed by atoms with Gasteiger partial charge in [-0.25, -0.2) is 0 Å². The number of nitrogens with one attached hydrogen (secondary N) is 1. The van der Waals surface area contributed by atoms with E-state index in [1.54, 1.807) is 7.11 Å². The summed E-state index contributed by atoms with van der Waals surface area (Å²) in [7, 11) is 1.68. The van der Waals surface area contributed by atoms with Crippen molar-refractivity contribution in [2.24, 2.45) is 11.7 Å². The second-order valence-electron chi connectivity index (χ2n) is 7.40. The Morgan fingerprint density at radius 1 is 1.19 bits per heavy atom. The number of nitrogens with zero attached hydrogens (tertiary/aromatic N) is 1. The Labute approximate surface area is 175 Å². The molecule has 27 heavy (non-hydrogen) atoms. The van der Waals surface area contributed by atoms with Crippen LogP contribution in [0.25, 0.3) is 0 Å². The van der Waals surface area contributed by atoms with Gasteiger partial charge in [-0.05, 0) is 62.4 Å². The van der Waals surface area contributed by atoms with E-state index in [0.29, 0.717) is 18.9 Å². The summed E-state index contributed by atoms with van der Waals surface area (Å²) in [4.78, 5) is 14.9. The van der Waals surface area contributed by atoms with Crippen LogP contribution in [0, 0.1) is 5.92 Å². The molecule has 1 unspecified atom stereocenters. The molecule has 0 radical (unpaired) electrons. The van der Waals surface area contributed by atoms with Gasteiger partial charge >= 0.3 is 0 Å². The third kappa shape index (κ3) is 6.53. The molecule has 1 aliphatic carbocycles. The lowest BCUT2D eigenvalue weighted by molar-refractivity contribution is -0.122. The van der Waals surface area contributed by atoms with Crippen molar-refractivity contribution in [1.82, 2.24) is 10.2 Å². The van der Waals surface area contributed by atoms with Crippen LogP contribution in [0.4, 0.5) is 0 Å². The lowest BCUT2D eigenvalue weighted by atomic mass is 9.99. The van der Waals surface area contributed by atoms with Crippen LogP contribution in [0.2, 0.25) is 0 Å². The molecule has 0 bridgehead atoms. The number of likely N-dealkylation sites (tertiary alicyclic amines) is 1. The molecule has 1 aliphatic heterocycles. The molecular weight excluding hydrogens is 385 g/mol. The predicted octanol–water partition coefficient (Wildman–Crippen LogP) is 3.31. The fourth-order valence-corrected chi connectivity index (χ4v) is 4.18. The third-order valence-corrected chi connectivity index (χ3v) is 5.74. The first-order chi connectivity index (χ1) is 12.2. The van der Waals surface area contributed by atoms with Gasteiger partial charge in [0.1, 0.15) is 5.75 Å². The number of carbonyl (C=O) groups is 1. The maximum atomic E-state index is 12.4. The quantitative estimate of drug-likeness (QED) is 0.713. The summed E-state index contributed by atoms with van der Waals surface area (Å²) in [6, 6.07) is 8.65. The van der Waals surface area contributed by atoms with Gasteiger partial charge in [-0.1, -0.05) is 18.6 Å². The zero-order valence-corrected chi connectivity index (χ0v) is 17.7. The van der Waals surface area contributed by atoms with Crippen molar-refractivity contribution in [3.8, 4) is 5.75 Å². The molecule has 1 aromatic carbocycles. The first-order valence-corrected chi connectivity index (χ1v) is 9.57. The zero-order chi connectivity index (χ0) is 17.6. The van der Waals surface area contributed by atoms with E-state index in [9.17, 15) is 4.79 Å². The second-order valence-corrected chi connectivity index (χ2v) is 7.40. The van der Waals surface area contributed by atoms with Crippen molar-refractivity contribution in [3.63, 3.8) is 0 Å². The third-order valence-electron chi connectivity index (χ3n) is 5.74. The minimum absolute atomic E-state index is 0. The number of nitrogens with two attached hydrogens (primary N) is 1. The van der Waals surface area contributed by atoms with Crippen LogP contribution >= 0.6 is 24.8 Å². The molecule has 3 N–H and O–H groups in total. The number of hydrogen-bond donors (Lipinski definition) is 2. The topological polar surface area (TPSA) is 67.6 Å². The van der Waals surface area contributed by atoms with E-state index >= 15 is 0 Å². The van der Waals surface area contributed by atoms with Crippen LogP contribution < -0.4 is 15.8 Å². The Morgan fingerprint density at radius 2 is 1.85 bits per heavy atom. The molecule has 1 aromatic rings. The lowest BCUT2D eigenvalue weighted by Crippen LogP contribution is -2.38. The van der Waals surface area contributed by atoms with Gasteiger partial charge in [-0.2, -0.15) is 0 Å². The van der Waals surface area contributed by atoms with E-state index in [1.165, 1.54) is 18.4 Å². The molecule has 3 rings (SSSR count). The minimum atomic E-state index is 0. The highest BCUT2D eigenvalue weighted by molar-refractivity contribution is 5.85. The molecule has 0 aromatic heterocycles. The average Bonchev–Trinajstić information content (AvgIpc) is 3.28. The van der Waals surface area contributed by atoms with E-state index in [0.717, 1.165) is 38.1 Å². The normalized spacial score (nSPS) is 23.2. The largest absolute Gasteiger partial charge is 0.497 e. The van der Waals surface area contributed by atoms with Crippen molar-refractivity contribution in [2.75, 3.05) is 26.7 Å². The summed E-state index contributed by atoms with van der Waals surface area (Å²) in [6.45, 7) is 2.85. The van der Waals surface area contributed by atoms with E-state index in [4.69, 9.17) is 10.5 Å². The molecule has 3 atom stereocenters. The van der Waals surface area contributed by atoms with Crippen molar-refractivity contribution in [2.45, 2.75) is 50.6 Å². The van der Waals surface area contributed by atoms with Gasteiger partial charge < -0.3 is 15.8 Å². The maximum absolute atomic E-state index is 12.4. The highest BCUT2D eigenvalue weighted by atomic mass is 35.5. The van der Waals surface area contributed by atoms with E-state index in [1.807, 2.05) is 12.1 Å². The monoisotopic (exact) mass is 417 g/mol. The fraction of sp³-hybridized carbons (Fsp3) is 0.650. The molecule has 1 amide bonds. The lowest BCUT2D eigenvalue weighted by Gasteiger charge is -2.28. The van der Waals surface area contributed by atoms with Crippen LogP contribution in [0.15, 0.2) is 24.3 Å². The number of methoxy groups -OCH3 is 1. The Bertz CT molecular complexity index is 565. The van der Waals surface area contributed by atoms with E-state index in [2.05, 4.69) is 22.3 Å². The summed E-state index contributed by atoms with van der Waals surface area (Å²) >= 11 is 0. The molecule has 1 heterocycles. The molecular formula is C20H33Cl2N3O2. The van der Waals surface area contributed by atoms with Gasteiger partial charge in [0.15, 0.2) is 0 Å². The molecule has 2 aliphatic rings.